The van der Waals surface area contributed by atoms with Gasteiger partial charge in [0.1, 0.15) is 18.9 Å². The highest BCUT2D eigenvalue weighted by Gasteiger charge is 2.14. The van der Waals surface area contributed by atoms with Crippen LogP contribution in [0.2, 0.25) is 0 Å². The van der Waals surface area contributed by atoms with Crippen LogP contribution in [0.1, 0.15) is 24.5 Å². The second-order valence-electron chi connectivity index (χ2n) is 6.45. The molecule has 0 saturated carbocycles. The molecule has 1 amide bonds. The highest BCUT2D eigenvalue weighted by Crippen LogP contribution is 2.12. The Balaban J connectivity index is 1.83. The van der Waals surface area contributed by atoms with E-state index in [2.05, 4.69) is 25.2 Å². The van der Waals surface area contributed by atoms with E-state index in [0.29, 0.717) is 13.2 Å². The first-order valence-corrected chi connectivity index (χ1v) is 8.97. The van der Waals surface area contributed by atoms with E-state index in [9.17, 15) is 4.79 Å². The molecule has 0 spiro atoms. The highest BCUT2D eigenvalue weighted by atomic mass is 16.5. The number of amides is 1. The van der Waals surface area contributed by atoms with Gasteiger partial charge in [-0.2, -0.15) is 0 Å². The molecule has 2 N–H and O–H groups in total. The molecule has 0 radical (unpaired) electrons. The first-order chi connectivity index (χ1) is 12.1. The van der Waals surface area contributed by atoms with Gasteiger partial charge in [-0.15, -0.1) is 0 Å². The summed E-state index contributed by atoms with van der Waals surface area (Å²) < 4.78 is 5.83. The monoisotopic (exact) mass is 341 g/mol. The van der Waals surface area contributed by atoms with Crippen LogP contribution in [0.3, 0.4) is 0 Å². The minimum Gasteiger partial charge on any atom is -0.488 e. The van der Waals surface area contributed by atoms with Crippen molar-refractivity contribution in [3.8, 4) is 5.75 Å². The number of rotatable bonds is 9. The minimum absolute atomic E-state index is 0.0494. The van der Waals surface area contributed by atoms with Crippen molar-refractivity contribution < 1.29 is 14.4 Å². The minimum atomic E-state index is 0.0494. The number of nitrogens with one attached hydrogen (secondary N) is 2. The van der Waals surface area contributed by atoms with Crippen molar-refractivity contribution in [1.82, 2.24) is 0 Å². The summed E-state index contributed by atoms with van der Waals surface area (Å²) in [6.07, 6.45) is 1.04. The summed E-state index contributed by atoms with van der Waals surface area (Å²) in [6.45, 7) is 9.02. The van der Waals surface area contributed by atoms with Crippen molar-refractivity contribution in [1.29, 1.82) is 0 Å². The standard InChI is InChI=1S/C21H28N2O2/c1-4-12-23(13-14-25-19-10-7-8-17(2)15-19)16-21(24)22-20-11-6-5-9-18(20)3/h5-11,15H,4,12-14,16H2,1-3H3,(H,22,24)/p+1. The second-order valence-corrected chi connectivity index (χ2v) is 6.45. The number of hydrogen-bond donors (Lipinski definition) is 2. The van der Waals surface area contributed by atoms with Crippen molar-refractivity contribution in [3.05, 3.63) is 59.7 Å². The molecule has 25 heavy (non-hydrogen) atoms. The number of carbonyl (C=O) groups excluding carboxylic acids is 1. The van der Waals surface area contributed by atoms with Gasteiger partial charge in [0.2, 0.25) is 0 Å². The Kier molecular flexibility index (Phi) is 7.48. The Labute approximate surface area is 150 Å². The van der Waals surface area contributed by atoms with E-state index in [-0.39, 0.29) is 5.91 Å². The maximum atomic E-state index is 12.4. The zero-order valence-corrected chi connectivity index (χ0v) is 15.5. The first kappa shape index (κ1) is 19.0. The van der Waals surface area contributed by atoms with Gasteiger partial charge in [-0.1, -0.05) is 37.3 Å². The zero-order valence-electron chi connectivity index (χ0n) is 15.5. The summed E-state index contributed by atoms with van der Waals surface area (Å²) in [5, 5.41) is 3.01. The summed E-state index contributed by atoms with van der Waals surface area (Å²) in [4.78, 5) is 13.6. The van der Waals surface area contributed by atoms with E-state index in [1.807, 2.05) is 49.4 Å². The number of quaternary nitrogens is 1. The molecule has 0 aliphatic heterocycles. The molecular weight excluding hydrogens is 312 g/mol. The third kappa shape index (κ3) is 6.59. The van der Waals surface area contributed by atoms with E-state index < -0.39 is 0 Å². The van der Waals surface area contributed by atoms with Gasteiger partial charge in [-0.3, -0.25) is 4.79 Å². The van der Waals surface area contributed by atoms with Gasteiger partial charge in [0.05, 0.1) is 6.54 Å². The number of anilines is 1. The largest absolute Gasteiger partial charge is 0.488 e. The topological polar surface area (TPSA) is 42.8 Å². The van der Waals surface area contributed by atoms with Crippen LogP contribution >= 0.6 is 0 Å². The van der Waals surface area contributed by atoms with Crippen LogP contribution in [0.5, 0.6) is 5.75 Å². The predicted octanol–water partition coefficient (Wildman–Crippen LogP) is 2.62. The van der Waals surface area contributed by atoms with E-state index >= 15 is 0 Å². The third-order valence-electron chi connectivity index (χ3n) is 4.15. The molecule has 0 aliphatic rings. The summed E-state index contributed by atoms with van der Waals surface area (Å²) in [6, 6.07) is 15.9. The smallest absolute Gasteiger partial charge is 0.279 e. The van der Waals surface area contributed by atoms with Crippen LogP contribution in [0.25, 0.3) is 0 Å². The number of benzene rings is 2. The van der Waals surface area contributed by atoms with Gasteiger partial charge in [-0.05, 0) is 49.6 Å². The van der Waals surface area contributed by atoms with E-state index in [1.54, 1.807) is 0 Å². The quantitative estimate of drug-likeness (QED) is 0.736. The van der Waals surface area contributed by atoms with E-state index in [4.69, 9.17) is 4.74 Å². The maximum absolute atomic E-state index is 12.4. The molecule has 0 heterocycles. The van der Waals surface area contributed by atoms with Crippen LogP contribution in [-0.4, -0.2) is 32.1 Å². The van der Waals surface area contributed by atoms with Gasteiger partial charge in [0, 0.05) is 5.69 Å². The number of ether oxygens (including phenoxy) is 1. The summed E-state index contributed by atoms with van der Waals surface area (Å²) in [5.41, 5.74) is 3.16. The lowest BCUT2D eigenvalue weighted by Gasteiger charge is -2.19. The molecule has 2 rings (SSSR count). The highest BCUT2D eigenvalue weighted by molar-refractivity contribution is 5.92. The maximum Gasteiger partial charge on any atom is 0.279 e. The van der Waals surface area contributed by atoms with Crippen LogP contribution in [0, 0.1) is 13.8 Å². The molecule has 1 atom stereocenters. The molecule has 4 nitrogen and oxygen atoms in total. The molecule has 4 heteroatoms. The number of carbonyl (C=O) groups is 1. The molecule has 134 valence electrons. The fraction of sp³-hybridized carbons (Fsp3) is 0.381. The molecule has 0 fully saturated rings. The summed E-state index contributed by atoms with van der Waals surface area (Å²) >= 11 is 0. The molecule has 0 aliphatic carbocycles. The van der Waals surface area contributed by atoms with E-state index in [0.717, 1.165) is 36.5 Å². The van der Waals surface area contributed by atoms with Crippen LogP contribution in [0.4, 0.5) is 5.69 Å². The molecule has 2 aromatic carbocycles. The van der Waals surface area contributed by atoms with Crippen molar-refractivity contribution in [2.75, 3.05) is 31.6 Å². The molecule has 2 aromatic rings. The van der Waals surface area contributed by atoms with Gasteiger partial charge < -0.3 is 15.0 Å². The van der Waals surface area contributed by atoms with Gasteiger partial charge >= 0.3 is 0 Å². The third-order valence-corrected chi connectivity index (χ3v) is 4.15. The second kappa shape index (κ2) is 9.84. The zero-order chi connectivity index (χ0) is 18.1. The first-order valence-electron chi connectivity index (χ1n) is 8.97. The molecule has 1 unspecified atom stereocenters. The molecule has 0 aromatic heterocycles. The van der Waals surface area contributed by atoms with Gasteiger partial charge in [0.25, 0.3) is 5.91 Å². The summed E-state index contributed by atoms with van der Waals surface area (Å²) in [5.74, 6) is 0.938. The molecule has 0 saturated heterocycles. The van der Waals surface area contributed by atoms with Crippen molar-refractivity contribution in [2.45, 2.75) is 27.2 Å². The Hall–Kier alpha value is -2.33. The molecule has 0 bridgehead atoms. The number of aryl methyl sites for hydroxylation is 2. The average molecular weight is 341 g/mol. The predicted molar refractivity (Wildman–Crippen MR) is 102 cm³/mol. The normalized spacial score (nSPS) is 11.8. The summed E-state index contributed by atoms with van der Waals surface area (Å²) in [7, 11) is 0. The Morgan fingerprint density at radius 1 is 1.08 bits per heavy atom. The van der Waals surface area contributed by atoms with Gasteiger partial charge in [-0.25, -0.2) is 0 Å². The van der Waals surface area contributed by atoms with Crippen molar-refractivity contribution in [2.24, 2.45) is 0 Å². The van der Waals surface area contributed by atoms with Crippen LogP contribution in [0.15, 0.2) is 48.5 Å². The average Bonchev–Trinajstić information content (AvgIpc) is 2.57. The fourth-order valence-corrected chi connectivity index (χ4v) is 2.81. The Bertz CT molecular complexity index is 685. The Morgan fingerprint density at radius 2 is 1.88 bits per heavy atom. The SMILES string of the molecule is CCC[NH+](CCOc1cccc(C)c1)CC(=O)Nc1ccccc1C. The Morgan fingerprint density at radius 3 is 2.60 bits per heavy atom. The van der Waals surface area contributed by atoms with E-state index in [1.165, 1.54) is 10.5 Å². The number of hydrogen-bond acceptors (Lipinski definition) is 2. The number of para-hydroxylation sites is 1. The van der Waals surface area contributed by atoms with Crippen molar-refractivity contribution >= 4 is 11.6 Å². The lowest BCUT2D eigenvalue weighted by Crippen LogP contribution is -3.13. The fourth-order valence-electron chi connectivity index (χ4n) is 2.81. The van der Waals surface area contributed by atoms with Gasteiger partial charge in [0.15, 0.2) is 6.54 Å². The van der Waals surface area contributed by atoms with Crippen LogP contribution < -0.4 is 15.0 Å². The van der Waals surface area contributed by atoms with Crippen LogP contribution in [-0.2, 0) is 4.79 Å². The van der Waals surface area contributed by atoms with Crippen molar-refractivity contribution in [3.63, 3.8) is 0 Å². The lowest BCUT2D eigenvalue weighted by atomic mass is 10.2. The lowest BCUT2D eigenvalue weighted by molar-refractivity contribution is -0.891. The molecular formula is C21H29N2O2+.